The van der Waals surface area contributed by atoms with Crippen LogP contribution in [0.3, 0.4) is 0 Å². The largest absolute Gasteiger partial charge is 0.309 e. The van der Waals surface area contributed by atoms with Crippen molar-refractivity contribution < 1.29 is 14.8 Å². The van der Waals surface area contributed by atoms with E-state index in [0.29, 0.717) is 19.4 Å². The second-order valence-electron chi connectivity index (χ2n) is 7.81. The number of aliphatic imine (C=N–C) groups is 2. The van der Waals surface area contributed by atoms with Gasteiger partial charge in [-0.15, -0.1) is 0 Å². The highest BCUT2D eigenvalue weighted by Gasteiger charge is 2.50. The molecule has 0 aromatic carbocycles. The van der Waals surface area contributed by atoms with Gasteiger partial charge in [0.05, 0.1) is 23.5 Å². The number of carbonyl (C=O) groups is 2. The van der Waals surface area contributed by atoms with Crippen LogP contribution in [0.4, 0.5) is 0 Å². The molecule has 1 saturated heterocycles. The molecule has 1 aliphatic heterocycles. The smallest absolute Gasteiger partial charge is 0.259 e. The summed E-state index contributed by atoms with van der Waals surface area (Å²) in [7, 11) is 7.95. The van der Waals surface area contributed by atoms with Gasteiger partial charge in [-0.1, -0.05) is 13.8 Å². The fourth-order valence-electron chi connectivity index (χ4n) is 3.24. The van der Waals surface area contributed by atoms with Crippen LogP contribution in [0.2, 0.25) is 0 Å². The summed E-state index contributed by atoms with van der Waals surface area (Å²) in [4.78, 5) is 37.4. The third-order valence-corrected chi connectivity index (χ3v) is 5.27. The van der Waals surface area contributed by atoms with E-state index in [2.05, 4.69) is 27.8 Å². The van der Waals surface area contributed by atoms with Crippen LogP contribution in [-0.4, -0.2) is 90.8 Å². The topological polar surface area (TPSA) is 88.8 Å². The van der Waals surface area contributed by atoms with Crippen LogP contribution in [-0.2, 0) is 9.59 Å². The van der Waals surface area contributed by atoms with Crippen LogP contribution in [0.15, 0.2) is 9.98 Å². The summed E-state index contributed by atoms with van der Waals surface area (Å²) < 4.78 is 0. The third-order valence-electron chi connectivity index (χ3n) is 5.27. The minimum Gasteiger partial charge on any atom is -0.309 e. The van der Waals surface area contributed by atoms with Crippen molar-refractivity contribution in [2.45, 2.75) is 57.5 Å². The van der Waals surface area contributed by atoms with Crippen LogP contribution in [0.1, 0.15) is 46.0 Å². The van der Waals surface area contributed by atoms with E-state index in [1.807, 2.05) is 40.0 Å². The Morgan fingerprint density at radius 3 is 2.30 bits per heavy atom. The number of carbonyl (C=O) groups excluding carboxylic acids is 2. The van der Waals surface area contributed by atoms with E-state index in [0.717, 1.165) is 19.4 Å². The SMILES string of the molecule is CCC(CCN(C)C)N=C=NC(CC)(CCN(C)C)C1CC(=O)N(O)C1=O. The minimum absolute atomic E-state index is 0.0282. The Kier molecular flexibility index (Phi) is 9.26. The molecule has 0 saturated carbocycles. The number of hydrogen-bond donors (Lipinski definition) is 1. The standard InChI is InChI=1S/C19H35N5O3/c1-7-15(9-11-22(3)4)20-14-21-19(8-2,10-12-23(5)6)16-13-17(25)24(27)18(16)26/h15-16,27H,7-13H2,1-6H3. The van der Waals surface area contributed by atoms with Crippen molar-refractivity contribution in [3.63, 3.8) is 0 Å². The summed E-state index contributed by atoms with van der Waals surface area (Å²) in [6, 6.07) is 2.97. The molecule has 27 heavy (non-hydrogen) atoms. The van der Waals surface area contributed by atoms with Crippen molar-refractivity contribution in [2.24, 2.45) is 15.9 Å². The lowest BCUT2D eigenvalue weighted by Crippen LogP contribution is -2.42. The minimum atomic E-state index is -0.794. The van der Waals surface area contributed by atoms with Crippen molar-refractivity contribution >= 4 is 17.8 Å². The zero-order valence-electron chi connectivity index (χ0n) is 17.6. The van der Waals surface area contributed by atoms with Gasteiger partial charge in [-0.2, -0.15) is 5.06 Å². The van der Waals surface area contributed by atoms with Gasteiger partial charge in [-0.3, -0.25) is 14.8 Å². The Balaban J connectivity index is 3.11. The highest BCUT2D eigenvalue weighted by atomic mass is 16.5. The molecule has 3 atom stereocenters. The normalized spacial score (nSPS) is 20.8. The first-order valence-electron chi connectivity index (χ1n) is 9.68. The molecule has 154 valence electrons. The molecule has 8 nitrogen and oxygen atoms in total. The van der Waals surface area contributed by atoms with E-state index < -0.39 is 23.3 Å². The molecule has 3 unspecified atom stereocenters. The van der Waals surface area contributed by atoms with Crippen LogP contribution < -0.4 is 0 Å². The maximum Gasteiger partial charge on any atom is 0.259 e. The number of hydroxylamine groups is 2. The Morgan fingerprint density at radius 1 is 1.22 bits per heavy atom. The van der Waals surface area contributed by atoms with E-state index in [9.17, 15) is 14.8 Å². The summed E-state index contributed by atoms with van der Waals surface area (Å²) in [6.07, 6.45) is 2.92. The summed E-state index contributed by atoms with van der Waals surface area (Å²) in [6.45, 7) is 5.66. The monoisotopic (exact) mass is 381 g/mol. The zero-order valence-corrected chi connectivity index (χ0v) is 17.6. The summed E-state index contributed by atoms with van der Waals surface area (Å²) in [5.41, 5.74) is -0.794. The van der Waals surface area contributed by atoms with Crippen molar-refractivity contribution in [1.29, 1.82) is 0 Å². The Labute approximate surface area is 162 Å². The second kappa shape index (κ2) is 10.7. The van der Waals surface area contributed by atoms with E-state index >= 15 is 0 Å². The average Bonchev–Trinajstić information content (AvgIpc) is 2.88. The van der Waals surface area contributed by atoms with E-state index in [4.69, 9.17) is 0 Å². The van der Waals surface area contributed by atoms with Gasteiger partial charge in [0, 0.05) is 6.42 Å². The molecule has 0 bridgehead atoms. The molecule has 1 fully saturated rings. The zero-order chi connectivity index (χ0) is 20.6. The molecule has 0 radical (unpaired) electrons. The van der Waals surface area contributed by atoms with Crippen molar-refractivity contribution in [1.82, 2.24) is 14.9 Å². The fourth-order valence-corrected chi connectivity index (χ4v) is 3.24. The molecule has 1 heterocycles. The molecule has 8 heteroatoms. The first-order valence-corrected chi connectivity index (χ1v) is 9.68. The van der Waals surface area contributed by atoms with Gasteiger partial charge in [0.2, 0.25) is 0 Å². The highest BCUT2D eigenvalue weighted by Crippen LogP contribution is 2.37. The lowest BCUT2D eigenvalue weighted by molar-refractivity contribution is -0.172. The predicted octanol–water partition coefficient (Wildman–Crippen LogP) is 1.76. The molecule has 2 amide bonds. The summed E-state index contributed by atoms with van der Waals surface area (Å²) in [5.74, 6) is -1.83. The van der Waals surface area contributed by atoms with Gasteiger partial charge in [-0.05, 0) is 67.0 Å². The number of nitrogens with zero attached hydrogens (tertiary/aromatic N) is 5. The van der Waals surface area contributed by atoms with Gasteiger partial charge in [0.25, 0.3) is 11.8 Å². The summed E-state index contributed by atoms with van der Waals surface area (Å²) >= 11 is 0. The molecular formula is C19H35N5O3. The van der Waals surface area contributed by atoms with Crippen LogP contribution in [0.25, 0.3) is 0 Å². The molecule has 0 aromatic rings. The van der Waals surface area contributed by atoms with E-state index in [-0.39, 0.29) is 17.5 Å². The number of rotatable bonds is 11. The van der Waals surface area contributed by atoms with Crippen molar-refractivity contribution in [3.8, 4) is 0 Å². The van der Waals surface area contributed by atoms with Gasteiger partial charge < -0.3 is 9.80 Å². The molecule has 1 aliphatic rings. The lowest BCUT2D eigenvalue weighted by atomic mass is 9.78. The van der Waals surface area contributed by atoms with Crippen molar-refractivity contribution in [2.75, 3.05) is 41.3 Å². The average molecular weight is 382 g/mol. The van der Waals surface area contributed by atoms with Gasteiger partial charge in [-0.25, -0.2) is 9.98 Å². The Bertz CT molecular complexity index is 572. The van der Waals surface area contributed by atoms with Crippen LogP contribution in [0.5, 0.6) is 0 Å². The summed E-state index contributed by atoms with van der Waals surface area (Å²) in [5, 5.41) is 9.92. The number of imide groups is 1. The Morgan fingerprint density at radius 2 is 1.85 bits per heavy atom. The highest BCUT2D eigenvalue weighted by molar-refractivity contribution is 6.02. The maximum atomic E-state index is 12.4. The molecule has 0 aliphatic carbocycles. The first-order chi connectivity index (χ1) is 12.7. The van der Waals surface area contributed by atoms with Crippen LogP contribution in [0, 0.1) is 5.92 Å². The molecular weight excluding hydrogens is 346 g/mol. The third kappa shape index (κ3) is 6.50. The fraction of sp³-hybridized carbons (Fsp3) is 0.842. The molecule has 1 N–H and O–H groups in total. The Hall–Kier alpha value is -1.60. The number of amides is 2. The molecule has 0 aromatic heterocycles. The molecule has 1 rings (SSSR count). The van der Waals surface area contributed by atoms with Gasteiger partial charge in [0.1, 0.15) is 0 Å². The molecule has 0 spiro atoms. The number of hydrogen-bond acceptors (Lipinski definition) is 7. The van der Waals surface area contributed by atoms with E-state index in [1.54, 1.807) is 0 Å². The van der Waals surface area contributed by atoms with Crippen molar-refractivity contribution in [3.05, 3.63) is 0 Å². The van der Waals surface area contributed by atoms with E-state index in [1.165, 1.54) is 0 Å². The second-order valence-corrected chi connectivity index (χ2v) is 7.81. The predicted molar refractivity (Wildman–Crippen MR) is 105 cm³/mol. The lowest BCUT2D eigenvalue weighted by Gasteiger charge is -2.32. The van der Waals surface area contributed by atoms with Crippen LogP contribution >= 0.6 is 0 Å². The van der Waals surface area contributed by atoms with Gasteiger partial charge in [0.15, 0.2) is 0 Å². The first kappa shape index (κ1) is 23.4. The maximum absolute atomic E-state index is 12.4. The van der Waals surface area contributed by atoms with Gasteiger partial charge >= 0.3 is 0 Å². The quantitative estimate of drug-likeness (QED) is 0.335.